The lowest BCUT2D eigenvalue weighted by atomic mass is 10.1. The van der Waals surface area contributed by atoms with Crippen molar-refractivity contribution in [1.29, 1.82) is 0 Å². The standard InChI is InChI=1S/C9H13F9O3S2/c1-4-22(3,5-2)21-23(19,20)9(17,18)7(12,13)6(10,11)8(14,15)16/h4-5H2,1-3H3. The van der Waals surface area contributed by atoms with Gasteiger partial charge in [0.1, 0.15) is 0 Å². The maximum Gasteiger partial charge on any atom is 0.460 e. The van der Waals surface area contributed by atoms with Crippen molar-refractivity contribution in [1.82, 2.24) is 0 Å². The van der Waals surface area contributed by atoms with Crippen molar-refractivity contribution in [3.8, 4) is 0 Å². The molecule has 23 heavy (non-hydrogen) atoms. The molecule has 142 valence electrons. The Hall–Kier alpha value is -0.370. The highest BCUT2D eigenvalue weighted by Gasteiger charge is 2.86. The molecule has 0 spiro atoms. The lowest BCUT2D eigenvalue weighted by Crippen LogP contribution is -2.63. The SMILES string of the molecule is CCS(C)(CC)OS(=O)(=O)C(F)(F)C(F)(F)C(F)(F)C(F)(F)F. The molecule has 0 atom stereocenters. The molecular weight excluding hydrogens is 391 g/mol. The zero-order valence-electron chi connectivity index (χ0n) is 11.9. The Labute approximate surface area is 127 Å². The number of alkyl halides is 9. The summed E-state index contributed by atoms with van der Waals surface area (Å²) in [5.74, 6) is -15.0. The van der Waals surface area contributed by atoms with Gasteiger partial charge in [0.2, 0.25) is 0 Å². The Balaban J connectivity index is 6.06. The fourth-order valence-electron chi connectivity index (χ4n) is 1.08. The van der Waals surface area contributed by atoms with Crippen LogP contribution in [-0.4, -0.2) is 49.5 Å². The van der Waals surface area contributed by atoms with Crippen LogP contribution in [0.3, 0.4) is 0 Å². The molecule has 0 amide bonds. The van der Waals surface area contributed by atoms with Gasteiger partial charge in [0, 0.05) is 0 Å². The van der Waals surface area contributed by atoms with Crippen LogP contribution in [0, 0.1) is 0 Å². The zero-order valence-corrected chi connectivity index (χ0v) is 13.5. The maximum atomic E-state index is 13.4. The minimum absolute atomic E-state index is 0.236. The molecule has 0 aliphatic rings. The van der Waals surface area contributed by atoms with E-state index in [0.29, 0.717) is 0 Å². The molecule has 0 saturated heterocycles. The fraction of sp³-hybridized carbons (Fsp3) is 1.00. The van der Waals surface area contributed by atoms with Gasteiger partial charge in [-0.05, 0) is 17.8 Å². The largest absolute Gasteiger partial charge is 0.460 e. The molecule has 0 aromatic rings. The van der Waals surface area contributed by atoms with Crippen LogP contribution in [0.2, 0.25) is 0 Å². The second kappa shape index (κ2) is 6.17. The van der Waals surface area contributed by atoms with Crippen LogP contribution in [-0.2, 0) is 13.7 Å². The molecule has 0 heterocycles. The van der Waals surface area contributed by atoms with Crippen molar-refractivity contribution in [3.63, 3.8) is 0 Å². The summed E-state index contributed by atoms with van der Waals surface area (Å²) in [6, 6.07) is 0. The van der Waals surface area contributed by atoms with Gasteiger partial charge in [0.15, 0.2) is 0 Å². The highest BCUT2D eigenvalue weighted by Crippen LogP contribution is 2.57. The van der Waals surface area contributed by atoms with E-state index in [9.17, 15) is 47.9 Å². The Morgan fingerprint density at radius 2 is 1.13 bits per heavy atom. The fourth-order valence-corrected chi connectivity index (χ4v) is 4.77. The van der Waals surface area contributed by atoms with E-state index in [2.05, 4.69) is 3.63 Å². The molecule has 0 saturated carbocycles. The Morgan fingerprint density at radius 3 is 1.39 bits per heavy atom. The van der Waals surface area contributed by atoms with Gasteiger partial charge in [-0.1, -0.05) is 13.8 Å². The van der Waals surface area contributed by atoms with E-state index in [1.165, 1.54) is 13.8 Å². The highest BCUT2D eigenvalue weighted by molar-refractivity contribution is 8.32. The molecule has 3 nitrogen and oxygen atoms in total. The van der Waals surface area contributed by atoms with Crippen LogP contribution in [0.4, 0.5) is 39.5 Å². The molecule has 0 aliphatic carbocycles. The molecule has 0 rings (SSSR count). The van der Waals surface area contributed by atoms with Crippen molar-refractivity contribution in [3.05, 3.63) is 0 Å². The summed E-state index contributed by atoms with van der Waals surface area (Å²) in [4.78, 5) is 0. The van der Waals surface area contributed by atoms with Crippen molar-refractivity contribution in [2.24, 2.45) is 0 Å². The van der Waals surface area contributed by atoms with Gasteiger partial charge >= 0.3 is 33.4 Å². The normalized spacial score (nSPS) is 16.5. The third kappa shape index (κ3) is 3.67. The van der Waals surface area contributed by atoms with E-state index in [-0.39, 0.29) is 11.5 Å². The first-order chi connectivity index (χ1) is 9.83. The van der Waals surface area contributed by atoms with Crippen LogP contribution in [0.15, 0.2) is 0 Å². The van der Waals surface area contributed by atoms with Gasteiger partial charge < -0.3 is 0 Å². The molecule has 0 fully saturated rings. The number of rotatable bonds is 7. The van der Waals surface area contributed by atoms with E-state index in [0.717, 1.165) is 6.26 Å². The van der Waals surface area contributed by atoms with E-state index in [1.54, 1.807) is 0 Å². The van der Waals surface area contributed by atoms with Crippen molar-refractivity contribution in [2.75, 3.05) is 17.8 Å². The Kier molecular flexibility index (Phi) is 6.07. The van der Waals surface area contributed by atoms with Crippen LogP contribution < -0.4 is 0 Å². The molecule has 0 N–H and O–H groups in total. The van der Waals surface area contributed by atoms with Crippen LogP contribution in [0.1, 0.15) is 13.8 Å². The first kappa shape index (κ1) is 22.6. The first-order valence-electron chi connectivity index (χ1n) is 5.72. The third-order valence-corrected chi connectivity index (χ3v) is 8.26. The minimum atomic E-state index is -7.29. The average molecular weight is 404 g/mol. The van der Waals surface area contributed by atoms with Crippen molar-refractivity contribution < 1.29 is 51.6 Å². The second-order valence-electron chi connectivity index (χ2n) is 4.45. The van der Waals surface area contributed by atoms with Crippen LogP contribution in [0.25, 0.3) is 0 Å². The lowest BCUT2D eigenvalue weighted by molar-refractivity contribution is -0.382. The molecule has 14 heteroatoms. The lowest BCUT2D eigenvalue weighted by Gasteiger charge is -2.37. The maximum absolute atomic E-state index is 13.4. The molecule has 0 aromatic heterocycles. The smallest absolute Gasteiger partial charge is 0.215 e. The summed E-state index contributed by atoms with van der Waals surface area (Å²) in [6.07, 6.45) is -6.12. The predicted octanol–water partition coefficient (Wildman–Crippen LogP) is 4.15. The number of hydrogen-bond donors (Lipinski definition) is 0. The van der Waals surface area contributed by atoms with Gasteiger partial charge in [0.05, 0.1) is 0 Å². The third-order valence-electron chi connectivity index (χ3n) is 2.91. The monoisotopic (exact) mass is 404 g/mol. The van der Waals surface area contributed by atoms with Gasteiger partial charge in [-0.15, -0.1) is 10.3 Å². The summed E-state index contributed by atoms with van der Waals surface area (Å²) in [6.45, 7) is 2.49. The van der Waals surface area contributed by atoms with Crippen LogP contribution in [0.5, 0.6) is 0 Å². The summed E-state index contributed by atoms with van der Waals surface area (Å²) in [7, 11) is -9.69. The van der Waals surface area contributed by atoms with Crippen molar-refractivity contribution >= 4 is 20.4 Å². The number of halogens is 9. The van der Waals surface area contributed by atoms with Gasteiger partial charge in [-0.25, -0.2) is 3.63 Å². The predicted molar refractivity (Wildman–Crippen MR) is 65.5 cm³/mol. The summed E-state index contributed by atoms with van der Waals surface area (Å²) in [5, 5.41) is -6.79. The molecular formula is C9H13F9O3S2. The quantitative estimate of drug-likeness (QED) is 0.599. The molecule has 0 unspecified atom stereocenters. The molecule has 0 bridgehead atoms. The van der Waals surface area contributed by atoms with E-state index in [1.807, 2.05) is 0 Å². The number of hydrogen-bond acceptors (Lipinski definition) is 3. The molecule has 0 aromatic carbocycles. The van der Waals surface area contributed by atoms with Gasteiger partial charge in [-0.2, -0.15) is 47.9 Å². The topological polar surface area (TPSA) is 43.4 Å². The summed E-state index contributed by atoms with van der Waals surface area (Å²) < 4.78 is 140. The average Bonchev–Trinajstić information content (AvgIpc) is 2.36. The molecule has 0 radical (unpaired) electrons. The second-order valence-corrected chi connectivity index (χ2v) is 9.93. The van der Waals surface area contributed by atoms with Crippen molar-refractivity contribution in [2.45, 2.75) is 37.1 Å². The highest BCUT2D eigenvalue weighted by atomic mass is 32.3. The summed E-state index contributed by atoms with van der Waals surface area (Å²) >= 11 is 0. The molecule has 0 aliphatic heterocycles. The van der Waals surface area contributed by atoms with Crippen LogP contribution >= 0.6 is 10.3 Å². The van der Waals surface area contributed by atoms with E-state index in [4.69, 9.17) is 0 Å². The zero-order chi connectivity index (χ0) is 19.1. The summed E-state index contributed by atoms with van der Waals surface area (Å²) in [5.41, 5.74) is 0. The van der Waals surface area contributed by atoms with E-state index < -0.39 is 43.7 Å². The van der Waals surface area contributed by atoms with Gasteiger partial charge in [0.25, 0.3) is 0 Å². The first-order valence-corrected chi connectivity index (χ1v) is 9.43. The minimum Gasteiger partial charge on any atom is -0.215 e. The Morgan fingerprint density at radius 1 is 0.783 bits per heavy atom. The van der Waals surface area contributed by atoms with Gasteiger partial charge in [-0.3, -0.25) is 0 Å². The Bertz CT molecular complexity index is 523. The van der Waals surface area contributed by atoms with E-state index >= 15 is 0 Å².